The minimum absolute atomic E-state index is 0.0526. The summed E-state index contributed by atoms with van der Waals surface area (Å²) in [6, 6.07) is 16.0. The number of carbonyl (C=O) groups excluding carboxylic acids is 1. The van der Waals surface area contributed by atoms with E-state index in [1.54, 1.807) is 14.2 Å². The van der Waals surface area contributed by atoms with E-state index >= 15 is 0 Å². The number of carbonyl (C=O) groups is 1. The summed E-state index contributed by atoms with van der Waals surface area (Å²) in [7, 11) is 3.30. The summed E-state index contributed by atoms with van der Waals surface area (Å²) in [5.41, 5.74) is 2.16. The lowest BCUT2D eigenvalue weighted by Gasteiger charge is -2.50. The van der Waals surface area contributed by atoms with Crippen LogP contribution in [0.5, 0.6) is 11.5 Å². The van der Waals surface area contributed by atoms with Gasteiger partial charge in [0.25, 0.3) is 0 Å². The maximum absolute atomic E-state index is 12.7. The lowest BCUT2D eigenvalue weighted by Crippen LogP contribution is -2.56. The highest BCUT2D eigenvalue weighted by molar-refractivity contribution is 5.92. The van der Waals surface area contributed by atoms with E-state index in [4.69, 9.17) is 9.47 Å². The zero-order chi connectivity index (χ0) is 17.3. The van der Waals surface area contributed by atoms with E-state index in [1.807, 2.05) is 53.4 Å². The number of rotatable bonds is 5. The number of benzene rings is 2. The van der Waals surface area contributed by atoms with Crippen molar-refractivity contribution in [3.63, 3.8) is 0 Å². The van der Waals surface area contributed by atoms with Crippen molar-refractivity contribution in [3.8, 4) is 11.5 Å². The first-order valence-electron chi connectivity index (χ1n) is 8.17. The van der Waals surface area contributed by atoms with Gasteiger partial charge in [-0.05, 0) is 49.2 Å². The summed E-state index contributed by atoms with van der Waals surface area (Å²) in [6.07, 6.45) is 0. The number of hydrogen-bond acceptors (Lipinski definition) is 3. The molecule has 4 nitrogen and oxygen atoms in total. The number of ether oxygens (including phenoxy) is 2. The molecule has 4 heteroatoms. The summed E-state index contributed by atoms with van der Waals surface area (Å²) >= 11 is 0. The zero-order valence-electron chi connectivity index (χ0n) is 14.5. The Hall–Kier alpha value is -2.49. The molecule has 126 valence electrons. The maximum atomic E-state index is 12.7. The van der Waals surface area contributed by atoms with Gasteiger partial charge in [-0.15, -0.1) is 0 Å². The van der Waals surface area contributed by atoms with Crippen molar-refractivity contribution >= 4 is 5.91 Å². The fraction of sp³-hybridized carbons (Fsp3) is 0.350. The predicted molar refractivity (Wildman–Crippen MR) is 93.5 cm³/mol. The quantitative estimate of drug-likeness (QED) is 0.785. The Morgan fingerprint density at radius 2 is 1.29 bits per heavy atom. The lowest BCUT2D eigenvalue weighted by molar-refractivity contribution is -0.153. The number of hydrogen-bond donors (Lipinski definition) is 0. The molecule has 1 aliphatic heterocycles. The zero-order valence-corrected chi connectivity index (χ0v) is 14.5. The van der Waals surface area contributed by atoms with Crippen LogP contribution in [0.25, 0.3) is 0 Å². The summed E-state index contributed by atoms with van der Waals surface area (Å²) in [5.74, 6) is 1.65. The molecule has 1 fully saturated rings. The number of β-lactam (4-membered cyclic amide) rings is 1. The summed E-state index contributed by atoms with van der Waals surface area (Å²) in [6.45, 7) is 4.11. The lowest BCUT2D eigenvalue weighted by atomic mass is 9.77. The normalized spacial score (nSPS) is 20.0. The molecule has 1 saturated heterocycles. The Kier molecular flexibility index (Phi) is 4.47. The second-order valence-corrected chi connectivity index (χ2v) is 6.31. The van der Waals surface area contributed by atoms with Crippen molar-refractivity contribution in [1.29, 1.82) is 0 Å². The third-order valence-electron chi connectivity index (χ3n) is 4.62. The van der Waals surface area contributed by atoms with Gasteiger partial charge >= 0.3 is 0 Å². The molecule has 0 saturated carbocycles. The van der Waals surface area contributed by atoms with E-state index in [-0.39, 0.29) is 23.9 Å². The standard InChI is InChI=1S/C20H23NO3/c1-13(2)21-19(15-7-11-17(24-4)12-8-15)18(20(21)22)14-5-9-16(23-3)10-6-14/h5-13,18-19H,1-4H3/t18-,19-/m0/s1. The van der Waals surface area contributed by atoms with Gasteiger partial charge in [0, 0.05) is 6.04 Å². The topological polar surface area (TPSA) is 38.8 Å². The molecule has 0 radical (unpaired) electrons. The maximum Gasteiger partial charge on any atom is 0.233 e. The third kappa shape index (κ3) is 2.73. The van der Waals surface area contributed by atoms with Crippen LogP contribution in [0.2, 0.25) is 0 Å². The van der Waals surface area contributed by atoms with Crippen LogP contribution in [0.3, 0.4) is 0 Å². The Bertz CT molecular complexity index is 707. The minimum atomic E-state index is -0.147. The SMILES string of the molecule is COc1ccc([C@@H]2C(=O)N(C(C)C)[C@H]2c2ccc(OC)cc2)cc1. The van der Waals surface area contributed by atoms with Crippen molar-refractivity contribution < 1.29 is 14.3 Å². The molecule has 2 aromatic rings. The van der Waals surface area contributed by atoms with Crippen molar-refractivity contribution in [2.24, 2.45) is 0 Å². The largest absolute Gasteiger partial charge is 0.497 e. The highest BCUT2D eigenvalue weighted by Crippen LogP contribution is 2.48. The van der Waals surface area contributed by atoms with Crippen LogP contribution >= 0.6 is 0 Å². The van der Waals surface area contributed by atoms with E-state index in [2.05, 4.69) is 13.8 Å². The van der Waals surface area contributed by atoms with Crippen LogP contribution < -0.4 is 9.47 Å². The third-order valence-corrected chi connectivity index (χ3v) is 4.62. The molecule has 0 aliphatic carbocycles. The Morgan fingerprint density at radius 1 is 0.833 bits per heavy atom. The Morgan fingerprint density at radius 3 is 1.71 bits per heavy atom. The first kappa shape index (κ1) is 16.4. The Labute approximate surface area is 143 Å². The van der Waals surface area contributed by atoms with Gasteiger partial charge in [-0.25, -0.2) is 0 Å². The van der Waals surface area contributed by atoms with Crippen LogP contribution in [0, 0.1) is 0 Å². The Balaban J connectivity index is 1.95. The van der Waals surface area contributed by atoms with Gasteiger partial charge in [-0.1, -0.05) is 24.3 Å². The smallest absolute Gasteiger partial charge is 0.233 e. The van der Waals surface area contributed by atoms with Gasteiger partial charge in [0.2, 0.25) is 5.91 Å². The molecule has 24 heavy (non-hydrogen) atoms. The molecule has 1 aliphatic rings. The molecule has 1 amide bonds. The average Bonchev–Trinajstić information content (AvgIpc) is 2.60. The molecule has 0 aromatic heterocycles. The van der Waals surface area contributed by atoms with Crippen molar-refractivity contribution in [2.45, 2.75) is 31.8 Å². The van der Waals surface area contributed by atoms with E-state index in [9.17, 15) is 4.79 Å². The number of nitrogens with zero attached hydrogens (tertiary/aromatic N) is 1. The van der Waals surface area contributed by atoms with Crippen LogP contribution in [0.1, 0.15) is 36.9 Å². The molecule has 0 unspecified atom stereocenters. The number of amides is 1. The first-order chi connectivity index (χ1) is 11.6. The first-order valence-corrected chi connectivity index (χ1v) is 8.17. The number of likely N-dealkylation sites (tertiary alicyclic amines) is 1. The molecule has 0 spiro atoms. The highest BCUT2D eigenvalue weighted by Gasteiger charge is 2.49. The van der Waals surface area contributed by atoms with Gasteiger partial charge in [-0.2, -0.15) is 0 Å². The van der Waals surface area contributed by atoms with Gasteiger partial charge in [-0.3, -0.25) is 4.79 Å². The van der Waals surface area contributed by atoms with E-state index < -0.39 is 0 Å². The molecule has 3 rings (SSSR count). The molecular formula is C20H23NO3. The van der Waals surface area contributed by atoms with E-state index in [0.29, 0.717) is 0 Å². The number of methoxy groups -OCH3 is 2. The second kappa shape index (κ2) is 6.56. The van der Waals surface area contributed by atoms with Gasteiger partial charge in [0.15, 0.2) is 0 Å². The monoisotopic (exact) mass is 325 g/mol. The van der Waals surface area contributed by atoms with E-state index in [0.717, 1.165) is 22.6 Å². The molecular weight excluding hydrogens is 302 g/mol. The summed E-state index contributed by atoms with van der Waals surface area (Å²) in [5, 5.41) is 0. The van der Waals surface area contributed by atoms with Gasteiger partial charge in [0.1, 0.15) is 11.5 Å². The molecule has 0 N–H and O–H groups in total. The van der Waals surface area contributed by atoms with Gasteiger partial charge < -0.3 is 14.4 Å². The highest BCUT2D eigenvalue weighted by atomic mass is 16.5. The predicted octanol–water partition coefficient (Wildman–Crippen LogP) is 3.78. The van der Waals surface area contributed by atoms with Crippen molar-refractivity contribution in [1.82, 2.24) is 4.90 Å². The fourth-order valence-electron chi connectivity index (χ4n) is 3.38. The molecule has 0 bridgehead atoms. The van der Waals surface area contributed by atoms with Crippen LogP contribution in [-0.4, -0.2) is 31.1 Å². The minimum Gasteiger partial charge on any atom is -0.497 e. The van der Waals surface area contributed by atoms with Crippen LogP contribution in [-0.2, 0) is 4.79 Å². The van der Waals surface area contributed by atoms with Crippen LogP contribution in [0.15, 0.2) is 48.5 Å². The molecule has 1 heterocycles. The molecule has 2 aromatic carbocycles. The second-order valence-electron chi connectivity index (χ2n) is 6.31. The van der Waals surface area contributed by atoms with Gasteiger partial charge in [0.05, 0.1) is 26.2 Å². The summed E-state index contributed by atoms with van der Waals surface area (Å²) < 4.78 is 10.5. The van der Waals surface area contributed by atoms with Crippen LogP contribution in [0.4, 0.5) is 0 Å². The fourth-order valence-corrected chi connectivity index (χ4v) is 3.38. The molecule has 2 atom stereocenters. The van der Waals surface area contributed by atoms with E-state index in [1.165, 1.54) is 0 Å². The average molecular weight is 325 g/mol. The summed E-state index contributed by atoms with van der Waals surface area (Å²) in [4.78, 5) is 14.7. The van der Waals surface area contributed by atoms with Crippen molar-refractivity contribution in [3.05, 3.63) is 59.7 Å². The van der Waals surface area contributed by atoms with Crippen molar-refractivity contribution in [2.75, 3.05) is 14.2 Å².